The molecule has 0 saturated heterocycles. The highest BCUT2D eigenvalue weighted by Gasteiger charge is 2.20. The van der Waals surface area contributed by atoms with Crippen molar-refractivity contribution in [3.8, 4) is 22.9 Å². The van der Waals surface area contributed by atoms with E-state index in [0.29, 0.717) is 12.3 Å². The van der Waals surface area contributed by atoms with E-state index in [1.165, 1.54) is 0 Å². The molecule has 26 heavy (non-hydrogen) atoms. The van der Waals surface area contributed by atoms with E-state index < -0.39 is 0 Å². The van der Waals surface area contributed by atoms with Gasteiger partial charge in [0.05, 0.1) is 12.8 Å². The van der Waals surface area contributed by atoms with Crippen LogP contribution < -0.4 is 4.74 Å². The minimum atomic E-state index is 0.298. The first kappa shape index (κ1) is 16.5. The second kappa shape index (κ2) is 7.14. The lowest BCUT2D eigenvalue weighted by Crippen LogP contribution is -2.31. The molecular weight excluding hydrogens is 326 g/mol. The zero-order valence-corrected chi connectivity index (χ0v) is 14.7. The predicted molar refractivity (Wildman–Crippen MR) is 99.9 cm³/mol. The lowest BCUT2D eigenvalue weighted by Gasteiger charge is -2.28. The van der Waals surface area contributed by atoms with E-state index in [1.54, 1.807) is 19.2 Å². The fourth-order valence-electron chi connectivity index (χ4n) is 3.29. The van der Waals surface area contributed by atoms with Gasteiger partial charge in [0.15, 0.2) is 5.82 Å². The summed E-state index contributed by atoms with van der Waals surface area (Å²) in [6, 6.07) is 15.4. The standard InChI is InChI=1S/C21H21N3O2/c1-26-18-7-8-20(25)16(11-18)13-24-10-9-19-17(14-24)12-22-21(23-19)15-5-3-2-4-6-15/h2-8,11-12,25H,9-10,13-14H2,1H3. The number of aromatic nitrogens is 2. The summed E-state index contributed by atoms with van der Waals surface area (Å²) in [7, 11) is 1.63. The molecule has 132 valence electrons. The van der Waals surface area contributed by atoms with Crippen LogP contribution in [-0.2, 0) is 19.5 Å². The van der Waals surface area contributed by atoms with Crippen molar-refractivity contribution in [3.63, 3.8) is 0 Å². The number of ether oxygens (including phenoxy) is 1. The normalized spacial score (nSPS) is 14.0. The second-order valence-corrected chi connectivity index (χ2v) is 6.49. The molecule has 0 atom stereocenters. The minimum absolute atomic E-state index is 0.298. The third-order valence-corrected chi connectivity index (χ3v) is 4.73. The van der Waals surface area contributed by atoms with Crippen LogP contribution >= 0.6 is 0 Å². The Kier molecular flexibility index (Phi) is 4.54. The molecule has 0 fully saturated rings. The molecule has 1 aliphatic heterocycles. The van der Waals surface area contributed by atoms with Gasteiger partial charge in [0.2, 0.25) is 0 Å². The molecule has 0 unspecified atom stereocenters. The van der Waals surface area contributed by atoms with Gasteiger partial charge in [-0.15, -0.1) is 0 Å². The first-order chi connectivity index (χ1) is 12.7. The first-order valence-corrected chi connectivity index (χ1v) is 8.71. The van der Waals surface area contributed by atoms with Gasteiger partial charge >= 0.3 is 0 Å². The number of phenols is 1. The van der Waals surface area contributed by atoms with E-state index in [0.717, 1.165) is 53.5 Å². The number of rotatable bonds is 4. The molecule has 5 nitrogen and oxygen atoms in total. The Morgan fingerprint density at radius 2 is 2.00 bits per heavy atom. The maximum Gasteiger partial charge on any atom is 0.159 e. The summed E-state index contributed by atoms with van der Waals surface area (Å²) >= 11 is 0. The largest absolute Gasteiger partial charge is 0.508 e. The number of nitrogens with zero attached hydrogens (tertiary/aromatic N) is 3. The lowest BCUT2D eigenvalue weighted by molar-refractivity contribution is 0.239. The van der Waals surface area contributed by atoms with Crippen LogP contribution in [0.25, 0.3) is 11.4 Å². The van der Waals surface area contributed by atoms with Gasteiger partial charge in [-0.1, -0.05) is 30.3 Å². The Morgan fingerprint density at radius 1 is 1.15 bits per heavy atom. The zero-order chi connectivity index (χ0) is 17.9. The lowest BCUT2D eigenvalue weighted by atomic mass is 10.1. The van der Waals surface area contributed by atoms with Crippen molar-refractivity contribution in [3.05, 3.63) is 71.5 Å². The summed E-state index contributed by atoms with van der Waals surface area (Å²) in [6.07, 6.45) is 2.81. The molecule has 0 amide bonds. The number of hydrogen-bond donors (Lipinski definition) is 1. The van der Waals surface area contributed by atoms with E-state index in [4.69, 9.17) is 9.72 Å². The molecule has 5 heteroatoms. The van der Waals surface area contributed by atoms with Crippen molar-refractivity contribution in [2.75, 3.05) is 13.7 Å². The maximum absolute atomic E-state index is 10.1. The van der Waals surface area contributed by atoms with Gasteiger partial charge in [-0.3, -0.25) is 4.90 Å². The molecule has 1 aliphatic rings. The molecule has 3 aromatic rings. The topological polar surface area (TPSA) is 58.5 Å². The summed E-state index contributed by atoms with van der Waals surface area (Å²) < 4.78 is 5.26. The molecule has 0 aliphatic carbocycles. The van der Waals surface area contributed by atoms with Crippen LogP contribution in [-0.4, -0.2) is 33.6 Å². The smallest absolute Gasteiger partial charge is 0.159 e. The van der Waals surface area contributed by atoms with E-state index >= 15 is 0 Å². The molecule has 1 N–H and O–H groups in total. The Labute approximate surface area is 152 Å². The Balaban J connectivity index is 1.52. The molecule has 0 radical (unpaired) electrons. The van der Waals surface area contributed by atoms with Crippen molar-refractivity contribution in [1.82, 2.24) is 14.9 Å². The summed E-state index contributed by atoms with van der Waals surface area (Å²) in [5.74, 6) is 1.83. The predicted octanol–water partition coefficient (Wildman–Crippen LogP) is 3.42. The Morgan fingerprint density at radius 3 is 2.81 bits per heavy atom. The summed E-state index contributed by atoms with van der Waals surface area (Å²) in [5.41, 5.74) is 4.18. The van der Waals surface area contributed by atoms with Crippen molar-refractivity contribution < 1.29 is 9.84 Å². The van der Waals surface area contributed by atoms with Gasteiger partial charge in [0, 0.05) is 48.9 Å². The molecule has 1 aromatic heterocycles. The average molecular weight is 347 g/mol. The summed E-state index contributed by atoms with van der Waals surface area (Å²) in [4.78, 5) is 11.6. The fraction of sp³-hybridized carbons (Fsp3) is 0.238. The van der Waals surface area contributed by atoms with Crippen molar-refractivity contribution in [2.24, 2.45) is 0 Å². The Hall–Kier alpha value is -2.92. The number of benzene rings is 2. The van der Waals surface area contributed by atoms with Gasteiger partial charge in [0.1, 0.15) is 11.5 Å². The van der Waals surface area contributed by atoms with Gasteiger partial charge < -0.3 is 9.84 Å². The average Bonchev–Trinajstić information content (AvgIpc) is 2.70. The number of methoxy groups -OCH3 is 1. The number of phenolic OH excluding ortho intramolecular Hbond substituents is 1. The highest BCUT2D eigenvalue weighted by molar-refractivity contribution is 5.54. The zero-order valence-electron chi connectivity index (χ0n) is 14.7. The van der Waals surface area contributed by atoms with Crippen LogP contribution in [0.3, 0.4) is 0 Å². The SMILES string of the molecule is COc1ccc(O)c(CN2CCc3nc(-c4ccccc4)ncc3C2)c1. The number of hydrogen-bond acceptors (Lipinski definition) is 5. The van der Waals surface area contributed by atoms with Crippen molar-refractivity contribution >= 4 is 0 Å². The highest BCUT2D eigenvalue weighted by atomic mass is 16.5. The molecular formula is C21H21N3O2. The number of aromatic hydroxyl groups is 1. The van der Waals surface area contributed by atoms with Crippen molar-refractivity contribution in [2.45, 2.75) is 19.5 Å². The maximum atomic E-state index is 10.1. The first-order valence-electron chi connectivity index (χ1n) is 8.71. The highest BCUT2D eigenvalue weighted by Crippen LogP contribution is 2.27. The summed E-state index contributed by atoms with van der Waals surface area (Å²) in [5, 5.41) is 10.1. The third-order valence-electron chi connectivity index (χ3n) is 4.73. The fourth-order valence-corrected chi connectivity index (χ4v) is 3.29. The minimum Gasteiger partial charge on any atom is -0.508 e. The van der Waals surface area contributed by atoms with Gasteiger partial charge in [0.25, 0.3) is 0 Å². The third kappa shape index (κ3) is 3.39. The van der Waals surface area contributed by atoms with Gasteiger partial charge in [-0.05, 0) is 18.2 Å². The monoisotopic (exact) mass is 347 g/mol. The second-order valence-electron chi connectivity index (χ2n) is 6.49. The van der Waals surface area contributed by atoms with E-state index in [2.05, 4.69) is 9.88 Å². The molecule has 0 spiro atoms. The van der Waals surface area contributed by atoms with E-state index in [9.17, 15) is 5.11 Å². The Bertz CT molecular complexity index is 912. The summed E-state index contributed by atoms with van der Waals surface area (Å²) in [6.45, 7) is 2.35. The van der Waals surface area contributed by atoms with Crippen molar-refractivity contribution in [1.29, 1.82) is 0 Å². The quantitative estimate of drug-likeness (QED) is 0.784. The van der Waals surface area contributed by atoms with Crippen LogP contribution in [0.2, 0.25) is 0 Å². The van der Waals surface area contributed by atoms with Crippen LogP contribution in [0.15, 0.2) is 54.7 Å². The van der Waals surface area contributed by atoms with Crippen LogP contribution in [0.4, 0.5) is 0 Å². The molecule has 2 heterocycles. The van der Waals surface area contributed by atoms with Crippen LogP contribution in [0.5, 0.6) is 11.5 Å². The molecule has 0 saturated carbocycles. The molecule has 2 aromatic carbocycles. The number of fused-ring (bicyclic) bond motifs is 1. The van der Waals surface area contributed by atoms with Crippen LogP contribution in [0, 0.1) is 0 Å². The molecule has 4 rings (SSSR count). The van der Waals surface area contributed by atoms with Gasteiger partial charge in [-0.25, -0.2) is 9.97 Å². The van der Waals surface area contributed by atoms with E-state index in [1.807, 2.05) is 42.6 Å². The molecule has 0 bridgehead atoms. The van der Waals surface area contributed by atoms with Gasteiger partial charge in [-0.2, -0.15) is 0 Å². The van der Waals surface area contributed by atoms with E-state index in [-0.39, 0.29) is 0 Å². The van der Waals surface area contributed by atoms with Crippen LogP contribution in [0.1, 0.15) is 16.8 Å².